The van der Waals surface area contributed by atoms with E-state index in [0.717, 1.165) is 0 Å². The lowest BCUT2D eigenvalue weighted by atomic mass is 10.2. The van der Waals surface area contributed by atoms with Gasteiger partial charge in [0.25, 0.3) is 5.91 Å². The van der Waals surface area contributed by atoms with E-state index in [1.807, 2.05) is 0 Å². The Bertz CT molecular complexity index is 808. The molecule has 1 aliphatic heterocycles. The van der Waals surface area contributed by atoms with Crippen molar-refractivity contribution >= 4 is 34.8 Å². The van der Waals surface area contributed by atoms with Gasteiger partial charge in [-0.25, -0.2) is 9.78 Å². The zero-order valence-corrected chi connectivity index (χ0v) is 15.5. The quantitative estimate of drug-likeness (QED) is 0.835. The zero-order chi connectivity index (χ0) is 18.7. The molecule has 0 bridgehead atoms. The second kappa shape index (κ2) is 8.03. The molecular weight excluding hydrogens is 380 g/mol. The largest absolute Gasteiger partial charge is 0.486 e. The SMILES string of the molecule is Cc1nc(COc2ccc(Cl)cc2)sc1C(=O)N1CCOC[C@H]1C(=O)O. The van der Waals surface area contributed by atoms with Gasteiger partial charge in [0, 0.05) is 11.6 Å². The Morgan fingerprint density at radius 2 is 2.15 bits per heavy atom. The van der Waals surface area contributed by atoms with Crippen LogP contribution in [0.2, 0.25) is 5.02 Å². The lowest BCUT2D eigenvalue weighted by molar-refractivity contribution is -0.147. The monoisotopic (exact) mass is 396 g/mol. The number of rotatable bonds is 5. The normalized spacial score (nSPS) is 17.2. The van der Waals surface area contributed by atoms with Crippen LogP contribution >= 0.6 is 22.9 Å². The van der Waals surface area contributed by atoms with Gasteiger partial charge in [-0.1, -0.05) is 11.6 Å². The third-order valence-corrected chi connectivity index (χ3v) is 5.26. The number of carbonyl (C=O) groups excluding carboxylic acids is 1. The minimum Gasteiger partial charge on any atom is -0.486 e. The molecule has 1 aliphatic rings. The number of nitrogens with zero attached hydrogens (tertiary/aromatic N) is 2. The molecule has 0 saturated carbocycles. The molecule has 1 atom stereocenters. The molecule has 3 rings (SSSR count). The first-order chi connectivity index (χ1) is 12.5. The van der Waals surface area contributed by atoms with E-state index in [-0.39, 0.29) is 25.7 Å². The highest BCUT2D eigenvalue weighted by atomic mass is 35.5. The number of carboxylic acids is 1. The van der Waals surface area contributed by atoms with Crippen molar-refractivity contribution in [3.05, 3.63) is 44.9 Å². The number of halogens is 1. The summed E-state index contributed by atoms with van der Waals surface area (Å²) >= 11 is 7.05. The predicted molar refractivity (Wildman–Crippen MR) is 95.9 cm³/mol. The number of hydrogen-bond donors (Lipinski definition) is 1. The molecule has 0 aliphatic carbocycles. The molecular formula is C17H17ClN2O5S. The highest BCUT2D eigenvalue weighted by molar-refractivity contribution is 7.13. The van der Waals surface area contributed by atoms with Crippen molar-refractivity contribution in [3.8, 4) is 5.75 Å². The van der Waals surface area contributed by atoms with E-state index in [4.69, 9.17) is 21.1 Å². The molecule has 1 amide bonds. The van der Waals surface area contributed by atoms with E-state index in [0.29, 0.717) is 33.0 Å². The molecule has 9 heteroatoms. The molecule has 1 aromatic heterocycles. The van der Waals surface area contributed by atoms with Crippen molar-refractivity contribution in [2.75, 3.05) is 19.8 Å². The Morgan fingerprint density at radius 1 is 1.42 bits per heavy atom. The number of hydrogen-bond acceptors (Lipinski definition) is 6. The Morgan fingerprint density at radius 3 is 2.85 bits per heavy atom. The first kappa shape index (κ1) is 18.6. The highest BCUT2D eigenvalue weighted by Gasteiger charge is 2.34. The van der Waals surface area contributed by atoms with Crippen LogP contribution < -0.4 is 4.74 Å². The fourth-order valence-corrected chi connectivity index (χ4v) is 3.63. The smallest absolute Gasteiger partial charge is 0.328 e. The van der Waals surface area contributed by atoms with E-state index in [9.17, 15) is 14.7 Å². The number of morpholine rings is 1. The molecule has 1 N–H and O–H groups in total. The van der Waals surface area contributed by atoms with Crippen LogP contribution in [0.25, 0.3) is 0 Å². The van der Waals surface area contributed by atoms with Crippen molar-refractivity contribution in [1.82, 2.24) is 9.88 Å². The van der Waals surface area contributed by atoms with Crippen LogP contribution in [0.4, 0.5) is 0 Å². The summed E-state index contributed by atoms with van der Waals surface area (Å²) in [5, 5.41) is 10.6. The molecule has 1 fully saturated rings. The van der Waals surface area contributed by atoms with Gasteiger partial charge in [0.1, 0.15) is 22.2 Å². The van der Waals surface area contributed by atoms with E-state index < -0.39 is 12.0 Å². The van der Waals surface area contributed by atoms with Gasteiger partial charge in [0.05, 0.1) is 18.9 Å². The molecule has 7 nitrogen and oxygen atoms in total. The van der Waals surface area contributed by atoms with Gasteiger partial charge in [-0.2, -0.15) is 0 Å². The molecule has 26 heavy (non-hydrogen) atoms. The summed E-state index contributed by atoms with van der Waals surface area (Å²) in [6.07, 6.45) is 0. The maximum atomic E-state index is 12.8. The third kappa shape index (κ3) is 4.14. The average molecular weight is 397 g/mol. The number of carboxylic acid groups (broad SMARTS) is 1. The van der Waals surface area contributed by atoms with E-state index in [1.54, 1.807) is 31.2 Å². The summed E-state index contributed by atoms with van der Waals surface area (Å²) in [6, 6.07) is 5.97. The van der Waals surface area contributed by atoms with Gasteiger partial charge in [0.15, 0.2) is 6.04 Å². The number of carbonyl (C=O) groups is 2. The number of aromatic nitrogens is 1. The number of ether oxygens (including phenoxy) is 2. The number of thiazole rings is 1. The molecule has 1 saturated heterocycles. The standard InChI is InChI=1S/C17H17ClN2O5S/c1-10-15(16(21)20-6-7-24-8-13(20)17(22)23)26-14(19-10)9-25-12-4-2-11(18)3-5-12/h2-5,13H,6-9H2,1H3,(H,22,23)/t13-/m0/s1. The maximum Gasteiger partial charge on any atom is 0.328 e. The summed E-state index contributed by atoms with van der Waals surface area (Å²) in [7, 11) is 0. The number of aryl methyl sites for hydroxylation is 1. The van der Waals surface area contributed by atoms with Crippen molar-refractivity contribution < 1.29 is 24.2 Å². The Balaban J connectivity index is 1.71. The molecule has 1 aromatic carbocycles. The summed E-state index contributed by atoms with van der Waals surface area (Å²) in [6.45, 7) is 2.49. The number of benzene rings is 1. The van der Waals surface area contributed by atoms with Gasteiger partial charge in [-0.3, -0.25) is 4.79 Å². The first-order valence-electron chi connectivity index (χ1n) is 7.92. The highest BCUT2D eigenvalue weighted by Crippen LogP contribution is 2.24. The second-order valence-electron chi connectivity index (χ2n) is 5.69. The molecule has 0 unspecified atom stereocenters. The van der Waals surface area contributed by atoms with Crippen LogP contribution in [0.3, 0.4) is 0 Å². The number of amides is 1. The fourth-order valence-electron chi connectivity index (χ4n) is 2.57. The van der Waals surface area contributed by atoms with Gasteiger partial charge in [-0.15, -0.1) is 11.3 Å². The van der Waals surface area contributed by atoms with Gasteiger partial charge in [-0.05, 0) is 31.2 Å². The molecule has 2 heterocycles. The van der Waals surface area contributed by atoms with Gasteiger partial charge >= 0.3 is 5.97 Å². The summed E-state index contributed by atoms with van der Waals surface area (Å²) in [4.78, 5) is 30.3. The lowest BCUT2D eigenvalue weighted by Crippen LogP contribution is -2.52. The molecule has 138 valence electrons. The Labute approximate surface area is 159 Å². The van der Waals surface area contributed by atoms with Crippen LogP contribution in [0, 0.1) is 6.92 Å². The maximum absolute atomic E-state index is 12.8. The van der Waals surface area contributed by atoms with Crippen LogP contribution in [-0.2, 0) is 16.1 Å². The second-order valence-corrected chi connectivity index (χ2v) is 7.21. The average Bonchev–Trinajstić information content (AvgIpc) is 3.01. The third-order valence-electron chi connectivity index (χ3n) is 3.89. The van der Waals surface area contributed by atoms with Crippen LogP contribution in [0.1, 0.15) is 20.4 Å². The first-order valence-corrected chi connectivity index (χ1v) is 9.11. The van der Waals surface area contributed by atoms with E-state index in [1.165, 1.54) is 16.2 Å². The molecule has 2 aromatic rings. The predicted octanol–water partition coefficient (Wildman–Crippen LogP) is 2.61. The Hall–Kier alpha value is -2.16. The van der Waals surface area contributed by atoms with Crippen molar-refractivity contribution in [2.45, 2.75) is 19.6 Å². The van der Waals surface area contributed by atoms with E-state index >= 15 is 0 Å². The van der Waals surface area contributed by atoms with E-state index in [2.05, 4.69) is 4.98 Å². The van der Waals surface area contributed by atoms with Crippen LogP contribution in [0.5, 0.6) is 5.75 Å². The van der Waals surface area contributed by atoms with Gasteiger partial charge < -0.3 is 19.5 Å². The minimum absolute atomic E-state index is 0.00847. The van der Waals surface area contributed by atoms with Gasteiger partial charge in [0.2, 0.25) is 0 Å². The topological polar surface area (TPSA) is 89.0 Å². The molecule has 0 radical (unpaired) electrons. The van der Waals surface area contributed by atoms with Crippen molar-refractivity contribution in [1.29, 1.82) is 0 Å². The zero-order valence-electron chi connectivity index (χ0n) is 14.0. The van der Waals surface area contributed by atoms with Crippen LogP contribution in [0.15, 0.2) is 24.3 Å². The van der Waals surface area contributed by atoms with Crippen molar-refractivity contribution in [2.24, 2.45) is 0 Å². The summed E-state index contributed by atoms with van der Waals surface area (Å²) in [5.41, 5.74) is 0.560. The Kier molecular flexibility index (Phi) is 5.75. The lowest BCUT2D eigenvalue weighted by Gasteiger charge is -2.32. The minimum atomic E-state index is -1.08. The van der Waals surface area contributed by atoms with Crippen molar-refractivity contribution in [3.63, 3.8) is 0 Å². The summed E-state index contributed by atoms with van der Waals surface area (Å²) < 4.78 is 10.8. The fraction of sp³-hybridized carbons (Fsp3) is 0.353. The number of aliphatic carboxylic acids is 1. The van der Waals surface area contributed by atoms with Crippen LogP contribution in [-0.4, -0.2) is 52.7 Å². The summed E-state index contributed by atoms with van der Waals surface area (Å²) in [5.74, 6) is -0.769. The molecule has 0 spiro atoms.